The molecule has 4 heteroatoms. The van der Waals surface area contributed by atoms with E-state index in [4.69, 9.17) is 5.11 Å². The van der Waals surface area contributed by atoms with Crippen molar-refractivity contribution in [1.29, 1.82) is 0 Å². The molecule has 1 aromatic carbocycles. The zero-order valence-corrected chi connectivity index (χ0v) is 10.8. The summed E-state index contributed by atoms with van der Waals surface area (Å²) in [6.45, 7) is 2.06. The molecular formula is C15H16N2O2. The maximum Gasteiger partial charge on any atom is 0.306 e. The summed E-state index contributed by atoms with van der Waals surface area (Å²) in [5, 5.41) is 13.5. The molecule has 2 aromatic rings. The van der Waals surface area contributed by atoms with Gasteiger partial charge in [0.2, 0.25) is 0 Å². The Hall–Kier alpha value is -2.10. The molecule has 1 aromatic heterocycles. The molecule has 0 saturated carbocycles. The van der Waals surface area contributed by atoms with Gasteiger partial charge in [0.05, 0.1) is 17.8 Å². The third-order valence-electron chi connectivity index (χ3n) is 3.78. The van der Waals surface area contributed by atoms with Crippen LogP contribution >= 0.6 is 0 Å². The van der Waals surface area contributed by atoms with E-state index in [1.54, 1.807) is 0 Å². The van der Waals surface area contributed by atoms with Crippen molar-refractivity contribution >= 4 is 5.97 Å². The molecule has 0 unspecified atom stereocenters. The molecule has 0 fully saturated rings. The van der Waals surface area contributed by atoms with Crippen molar-refractivity contribution in [3.05, 3.63) is 47.3 Å². The van der Waals surface area contributed by atoms with Gasteiger partial charge in [0, 0.05) is 5.69 Å². The molecule has 0 spiro atoms. The number of hydrogen-bond donors (Lipinski definition) is 1. The van der Waals surface area contributed by atoms with Crippen LogP contribution in [-0.4, -0.2) is 20.9 Å². The molecule has 0 bridgehead atoms. The van der Waals surface area contributed by atoms with E-state index in [0.29, 0.717) is 12.8 Å². The first-order valence-corrected chi connectivity index (χ1v) is 6.51. The monoisotopic (exact) mass is 256 g/mol. The Morgan fingerprint density at radius 1 is 1.37 bits per heavy atom. The minimum atomic E-state index is -0.700. The van der Waals surface area contributed by atoms with Crippen LogP contribution < -0.4 is 0 Å². The van der Waals surface area contributed by atoms with Crippen molar-refractivity contribution in [1.82, 2.24) is 9.78 Å². The molecule has 19 heavy (non-hydrogen) atoms. The van der Waals surface area contributed by atoms with Gasteiger partial charge in [-0.1, -0.05) is 17.7 Å². The Morgan fingerprint density at radius 3 is 2.79 bits per heavy atom. The van der Waals surface area contributed by atoms with Crippen molar-refractivity contribution in [2.75, 3.05) is 0 Å². The molecule has 4 nitrogen and oxygen atoms in total. The van der Waals surface area contributed by atoms with Gasteiger partial charge in [-0.25, -0.2) is 4.68 Å². The molecule has 0 radical (unpaired) electrons. The Kier molecular flexibility index (Phi) is 2.85. The average Bonchev–Trinajstić information content (AvgIpc) is 2.82. The fourth-order valence-corrected chi connectivity index (χ4v) is 2.64. The van der Waals surface area contributed by atoms with E-state index in [-0.39, 0.29) is 5.92 Å². The lowest BCUT2D eigenvalue weighted by Gasteiger charge is -2.19. The van der Waals surface area contributed by atoms with Gasteiger partial charge in [0.15, 0.2) is 0 Å². The van der Waals surface area contributed by atoms with Crippen LogP contribution in [0.3, 0.4) is 0 Å². The summed E-state index contributed by atoms with van der Waals surface area (Å²) >= 11 is 0. The molecule has 0 amide bonds. The molecule has 1 N–H and O–H groups in total. The fraction of sp³-hybridized carbons (Fsp3) is 0.333. The van der Waals surface area contributed by atoms with E-state index in [9.17, 15) is 4.79 Å². The molecule has 98 valence electrons. The first kappa shape index (κ1) is 12.0. The van der Waals surface area contributed by atoms with Gasteiger partial charge in [-0.2, -0.15) is 5.10 Å². The molecule has 0 aliphatic heterocycles. The maximum absolute atomic E-state index is 11.1. The Morgan fingerprint density at radius 2 is 2.11 bits per heavy atom. The average molecular weight is 256 g/mol. The minimum Gasteiger partial charge on any atom is -0.481 e. The van der Waals surface area contributed by atoms with Gasteiger partial charge in [-0.3, -0.25) is 4.79 Å². The SMILES string of the molecule is Cc1ccc(-n2ncc3c2CC[C@H](C(=O)O)C3)cc1. The summed E-state index contributed by atoms with van der Waals surface area (Å²) in [6, 6.07) is 8.22. The number of rotatable bonds is 2. The van der Waals surface area contributed by atoms with E-state index < -0.39 is 5.97 Å². The Labute approximate surface area is 111 Å². The topological polar surface area (TPSA) is 55.1 Å². The number of aliphatic carboxylic acids is 1. The van der Waals surface area contributed by atoms with Gasteiger partial charge in [0.1, 0.15) is 0 Å². The first-order chi connectivity index (χ1) is 9.15. The van der Waals surface area contributed by atoms with Gasteiger partial charge in [0.25, 0.3) is 0 Å². The van der Waals surface area contributed by atoms with Gasteiger partial charge in [-0.15, -0.1) is 0 Å². The predicted octanol–water partition coefficient (Wildman–Crippen LogP) is 2.37. The van der Waals surface area contributed by atoms with Crippen LogP contribution in [0.5, 0.6) is 0 Å². The van der Waals surface area contributed by atoms with E-state index in [0.717, 1.165) is 23.4 Å². The van der Waals surface area contributed by atoms with Crippen LogP contribution in [0.4, 0.5) is 0 Å². The number of carbonyl (C=O) groups is 1. The highest BCUT2D eigenvalue weighted by Gasteiger charge is 2.27. The predicted molar refractivity (Wildman–Crippen MR) is 71.5 cm³/mol. The molecule has 1 heterocycles. The number of nitrogens with zero attached hydrogens (tertiary/aromatic N) is 2. The van der Waals surface area contributed by atoms with E-state index in [1.165, 1.54) is 5.56 Å². The van der Waals surface area contributed by atoms with Crippen molar-refractivity contribution in [3.63, 3.8) is 0 Å². The fourth-order valence-electron chi connectivity index (χ4n) is 2.64. The smallest absolute Gasteiger partial charge is 0.306 e. The summed E-state index contributed by atoms with van der Waals surface area (Å²) < 4.78 is 1.94. The van der Waals surface area contributed by atoms with Gasteiger partial charge >= 0.3 is 5.97 Å². The zero-order valence-electron chi connectivity index (χ0n) is 10.8. The molecule has 1 aliphatic rings. The lowest BCUT2D eigenvalue weighted by atomic mass is 9.88. The number of hydrogen-bond acceptors (Lipinski definition) is 2. The number of aromatic nitrogens is 2. The molecule has 3 rings (SSSR count). The minimum absolute atomic E-state index is 0.261. The van der Waals surface area contributed by atoms with E-state index >= 15 is 0 Å². The highest BCUT2D eigenvalue weighted by atomic mass is 16.4. The summed E-state index contributed by atoms with van der Waals surface area (Å²) in [5.41, 5.74) is 4.48. The third kappa shape index (κ3) is 2.14. The quantitative estimate of drug-likeness (QED) is 0.897. The third-order valence-corrected chi connectivity index (χ3v) is 3.78. The van der Waals surface area contributed by atoms with E-state index in [2.05, 4.69) is 24.2 Å². The second-order valence-corrected chi connectivity index (χ2v) is 5.14. The van der Waals surface area contributed by atoms with Crippen LogP contribution in [0.15, 0.2) is 30.5 Å². The van der Waals surface area contributed by atoms with Crippen LogP contribution in [0.1, 0.15) is 23.2 Å². The summed E-state index contributed by atoms with van der Waals surface area (Å²) in [6.07, 6.45) is 3.88. The number of carboxylic acids is 1. The van der Waals surface area contributed by atoms with Crippen molar-refractivity contribution in [3.8, 4) is 5.69 Å². The van der Waals surface area contributed by atoms with Crippen LogP contribution in [0.2, 0.25) is 0 Å². The van der Waals surface area contributed by atoms with Crippen molar-refractivity contribution in [2.24, 2.45) is 5.92 Å². The number of carboxylic acid groups (broad SMARTS) is 1. The molecule has 0 saturated heterocycles. The highest BCUT2D eigenvalue weighted by molar-refractivity contribution is 5.71. The van der Waals surface area contributed by atoms with Gasteiger partial charge in [-0.05, 0) is 43.9 Å². The molecular weight excluding hydrogens is 240 g/mol. The van der Waals surface area contributed by atoms with E-state index in [1.807, 2.05) is 23.0 Å². The number of benzene rings is 1. The lowest BCUT2D eigenvalue weighted by molar-refractivity contribution is -0.142. The van der Waals surface area contributed by atoms with Crippen LogP contribution in [0.25, 0.3) is 5.69 Å². The largest absolute Gasteiger partial charge is 0.481 e. The summed E-state index contributed by atoms with van der Waals surface area (Å²) in [5.74, 6) is -0.961. The Bertz CT molecular complexity index is 614. The second-order valence-electron chi connectivity index (χ2n) is 5.14. The molecule has 1 aliphatic carbocycles. The Balaban J connectivity index is 1.95. The summed E-state index contributed by atoms with van der Waals surface area (Å²) in [7, 11) is 0. The normalized spacial score (nSPS) is 18.1. The van der Waals surface area contributed by atoms with Gasteiger partial charge < -0.3 is 5.11 Å². The number of aryl methyl sites for hydroxylation is 1. The summed E-state index contributed by atoms with van der Waals surface area (Å²) in [4.78, 5) is 11.1. The first-order valence-electron chi connectivity index (χ1n) is 6.51. The maximum atomic E-state index is 11.1. The van der Waals surface area contributed by atoms with Crippen LogP contribution in [0, 0.1) is 12.8 Å². The lowest BCUT2D eigenvalue weighted by Crippen LogP contribution is -2.22. The van der Waals surface area contributed by atoms with Crippen molar-refractivity contribution < 1.29 is 9.90 Å². The highest BCUT2D eigenvalue weighted by Crippen LogP contribution is 2.27. The number of fused-ring (bicyclic) bond motifs is 1. The van der Waals surface area contributed by atoms with Crippen molar-refractivity contribution in [2.45, 2.75) is 26.2 Å². The standard InChI is InChI=1S/C15H16N2O2/c1-10-2-5-13(6-3-10)17-14-7-4-11(15(18)19)8-12(14)9-16-17/h2-3,5-6,9,11H,4,7-8H2,1H3,(H,18,19)/t11-/m0/s1. The zero-order chi connectivity index (χ0) is 13.4. The molecule has 1 atom stereocenters. The van der Waals surface area contributed by atoms with Crippen LogP contribution in [-0.2, 0) is 17.6 Å². The second kappa shape index (κ2) is 4.53.